The highest BCUT2D eigenvalue weighted by atomic mass is 16.3. The van der Waals surface area contributed by atoms with Gasteiger partial charge in [0.25, 0.3) is 0 Å². The Labute approximate surface area is 150 Å². The molecule has 25 heavy (non-hydrogen) atoms. The van der Waals surface area contributed by atoms with Gasteiger partial charge in [-0.2, -0.15) is 0 Å². The third-order valence-electron chi connectivity index (χ3n) is 4.75. The predicted octanol–water partition coefficient (Wildman–Crippen LogP) is 2.13. The van der Waals surface area contributed by atoms with E-state index in [-0.39, 0.29) is 0 Å². The van der Waals surface area contributed by atoms with Crippen molar-refractivity contribution in [2.45, 2.75) is 26.6 Å². The van der Waals surface area contributed by atoms with Crippen LogP contribution in [0.4, 0.5) is 0 Å². The number of pyridine rings is 1. The number of aryl methyl sites for hydroxylation is 1. The molecule has 5 nitrogen and oxygen atoms in total. The monoisotopic (exact) mass is 340 g/mol. The summed E-state index contributed by atoms with van der Waals surface area (Å²) in [5.41, 5.74) is 4.18. The van der Waals surface area contributed by atoms with E-state index in [1.807, 2.05) is 18.2 Å². The fraction of sp³-hybridized carbons (Fsp3) is 0.450. The largest absolute Gasteiger partial charge is 0.507 e. The second kappa shape index (κ2) is 8.43. The van der Waals surface area contributed by atoms with Crippen LogP contribution in [0.15, 0.2) is 36.5 Å². The molecule has 1 aromatic heterocycles. The average Bonchev–Trinajstić information content (AvgIpc) is 2.61. The Balaban J connectivity index is 1.63. The van der Waals surface area contributed by atoms with E-state index in [4.69, 9.17) is 0 Å². The van der Waals surface area contributed by atoms with Crippen molar-refractivity contribution in [2.75, 3.05) is 33.2 Å². The van der Waals surface area contributed by atoms with Gasteiger partial charge in [-0.1, -0.05) is 23.8 Å². The van der Waals surface area contributed by atoms with Gasteiger partial charge >= 0.3 is 0 Å². The first-order valence-corrected chi connectivity index (χ1v) is 8.94. The van der Waals surface area contributed by atoms with Crippen LogP contribution in [-0.2, 0) is 19.6 Å². The minimum absolute atomic E-state index is 0.429. The van der Waals surface area contributed by atoms with E-state index >= 15 is 0 Å². The van der Waals surface area contributed by atoms with Gasteiger partial charge in [-0.05, 0) is 26.1 Å². The number of piperazine rings is 1. The van der Waals surface area contributed by atoms with E-state index in [1.165, 1.54) is 5.56 Å². The first kappa shape index (κ1) is 17.9. The molecule has 134 valence electrons. The summed E-state index contributed by atoms with van der Waals surface area (Å²) in [5, 5.41) is 14.1. The van der Waals surface area contributed by atoms with Crippen molar-refractivity contribution in [3.05, 3.63) is 58.9 Å². The molecule has 1 fully saturated rings. The number of aromatic hydroxyl groups is 1. The van der Waals surface area contributed by atoms with Gasteiger partial charge in [0.2, 0.25) is 0 Å². The van der Waals surface area contributed by atoms with Crippen molar-refractivity contribution in [1.82, 2.24) is 20.1 Å². The van der Waals surface area contributed by atoms with Gasteiger partial charge in [0.15, 0.2) is 0 Å². The van der Waals surface area contributed by atoms with Crippen LogP contribution in [0.5, 0.6) is 5.75 Å². The summed E-state index contributed by atoms with van der Waals surface area (Å²) in [6.07, 6.45) is 1.80. The zero-order valence-electron chi connectivity index (χ0n) is 15.2. The second-order valence-corrected chi connectivity index (χ2v) is 6.94. The summed E-state index contributed by atoms with van der Waals surface area (Å²) in [6.45, 7) is 8.52. The van der Waals surface area contributed by atoms with Crippen molar-refractivity contribution < 1.29 is 5.11 Å². The molecule has 0 spiro atoms. The molecule has 0 saturated carbocycles. The van der Waals surface area contributed by atoms with Crippen LogP contribution < -0.4 is 5.32 Å². The van der Waals surface area contributed by atoms with Crippen LogP contribution >= 0.6 is 0 Å². The van der Waals surface area contributed by atoms with Gasteiger partial charge in [0, 0.05) is 63.1 Å². The smallest absolute Gasteiger partial charge is 0.124 e. The normalized spacial score (nSPS) is 16.2. The Bertz CT molecular complexity index is 682. The third kappa shape index (κ3) is 5.01. The van der Waals surface area contributed by atoms with Crippen molar-refractivity contribution in [2.24, 2.45) is 0 Å². The van der Waals surface area contributed by atoms with Crippen LogP contribution in [0.25, 0.3) is 0 Å². The van der Waals surface area contributed by atoms with E-state index in [9.17, 15) is 5.11 Å². The first-order chi connectivity index (χ1) is 12.1. The van der Waals surface area contributed by atoms with Crippen molar-refractivity contribution in [3.8, 4) is 5.75 Å². The number of hydrogen-bond donors (Lipinski definition) is 2. The van der Waals surface area contributed by atoms with Gasteiger partial charge < -0.3 is 15.3 Å². The molecule has 1 aromatic carbocycles. The lowest BCUT2D eigenvalue weighted by Crippen LogP contribution is -2.43. The molecule has 5 heteroatoms. The van der Waals surface area contributed by atoms with Gasteiger partial charge in [0.05, 0.1) is 5.69 Å². The molecule has 1 aliphatic heterocycles. The summed E-state index contributed by atoms with van der Waals surface area (Å²) in [6, 6.07) is 10.1. The molecule has 0 radical (unpaired) electrons. The van der Waals surface area contributed by atoms with E-state index in [0.717, 1.165) is 49.5 Å². The number of nitrogens with zero attached hydrogens (tertiary/aromatic N) is 3. The Kier molecular flexibility index (Phi) is 6.02. The summed E-state index contributed by atoms with van der Waals surface area (Å²) in [4.78, 5) is 9.08. The van der Waals surface area contributed by atoms with Gasteiger partial charge in [-0.25, -0.2) is 0 Å². The molecule has 2 heterocycles. The number of likely N-dealkylation sites (N-methyl/N-ethyl adjacent to an activating group) is 1. The van der Waals surface area contributed by atoms with Crippen molar-refractivity contribution in [1.29, 1.82) is 0 Å². The van der Waals surface area contributed by atoms with Gasteiger partial charge in [-0.3, -0.25) is 9.88 Å². The Morgan fingerprint density at radius 3 is 2.56 bits per heavy atom. The standard InChI is InChI=1S/C20H28N4O/c1-16-11-17(13-21-14-19-5-3-4-6-22-19)20(25)18(12-16)15-24-9-7-23(2)8-10-24/h3-6,11-12,21,25H,7-10,13-15H2,1-2H3. The fourth-order valence-corrected chi connectivity index (χ4v) is 3.26. The summed E-state index contributed by atoms with van der Waals surface area (Å²) in [5.74, 6) is 0.429. The zero-order valence-corrected chi connectivity index (χ0v) is 15.2. The van der Waals surface area contributed by atoms with E-state index in [0.29, 0.717) is 18.8 Å². The highest BCUT2D eigenvalue weighted by molar-refractivity contribution is 5.43. The summed E-state index contributed by atoms with van der Waals surface area (Å²) in [7, 11) is 2.16. The molecular weight excluding hydrogens is 312 g/mol. The molecule has 2 N–H and O–H groups in total. The van der Waals surface area contributed by atoms with E-state index in [2.05, 4.69) is 46.2 Å². The highest BCUT2D eigenvalue weighted by Crippen LogP contribution is 2.26. The van der Waals surface area contributed by atoms with E-state index in [1.54, 1.807) is 6.20 Å². The van der Waals surface area contributed by atoms with Crippen molar-refractivity contribution in [3.63, 3.8) is 0 Å². The molecule has 0 bridgehead atoms. The van der Waals surface area contributed by atoms with Crippen molar-refractivity contribution >= 4 is 0 Å². The molecule has 0 aliphatic carbocycles. The number of hydrogen-bond acceptors (Lipinski definition) is 5. The Morgan fingerprint density at radius 2 is 1.84 bits per heavy atom. The number of phenolic OH excluding ortho intramolecular Hbond substituents is 1. The SMILES string of the molecule is Cc1cc(CNCc2ccccn2)c(O)c(CN2CCN(C)CC2)c1. The summed E-state index contributed by atoms with van der Waals surface area (Å²) >= 11 is 0. The van der Waals surface area contributed by atoms with Gasteiger partial charge in [0.1, 0.15) is 5.75 Å². The lowest BCUT2D eigenvalue weighted by Gasteiger charge is -2.32. The number of phenols is 1. The first-order valence-electron chi connectivity index (χ1n) is 8.94. The molecule has 3 rings (SSSR count). The molecular formula is C20H28N4O. The minimum atomic E-state index is 0.429. The molecule has 0 unspecified atom stereocenters. The molecule has 1 aliphatic rings. The molecule has 1 saturated heterocycles. The maximum absolute atomic E-state index is 10.7. The number of aromatic nitrogens is 1. The fourth-order valence-electron chi connectivity index (χ4n) is 3.26. The van der Waals surface area contributed by atoms with E-state index < -0.39 is 0 Å². The lowest BCUT2D eigenvalue weighted by atomic mass is 10.0. The minimum Gasteiger partial charge on any atom is -0.507 e. The predicted molar refractivity (Wildman–Crippen MR) is 100 cm³/mol. The van der Waals surface area contributed by atoms with Crippen LogP contribution in [0.1, 0.15) is 22.4 Å². The Morgan fingerprint density at radius 1 is 1.08 bits per heavy atom. The van der Waals surface area contributed by atoms with Crippen LogP contribution in [0, 0.1) is 6.92 Å². The highest BCUT2D eigenvalue weighted by Gasteiger charge is 2.17. The van der Waals surface area contributed by atoms with Crippen LogP contribution in [0.2, 0.25) is 0 Å². The number of nitrogens with one attached hydrogen (secondary N) is 1. The maximum Gasteiger partial charge on any atom is 0.124 e. The maximum atomic E-state index is 10.7. The van der Waals surface area contributed by atoms with Gasteiger partial charge in [-0.15, -0.1) is 0 Å². The zero-order chi connectivity index (χ0) is 17.6. The molecule has 0 amide bonds. The quantitative estimate of drug-likeness (QED) is 0.844. The third-order valence-corrected chi connectivity index (χ3v) is 4.75. The van der Waals surface area contributed by atoms with Crippen LogP contribution in [-0.4, -0.2) is 53.1 Å². The molecule has 2 aromatic rings. The summed E-state index contributed by atoms with van der Waals surface area (Å²) < 4.78 is 0. The topological polar surface area (TPSA) is 51.6 Å². The number of benzene rings is 1. The Hall–Kier alpha value is -1.95. The second-order valence-electron chi connectivity index (χ2n) is 6.94. The van der Waals surface area contributed by atoms with Crippen LogP contribution in [0.3, 0.4) is 0 Å². The number of rotatable bonds is 6. The molecule has 0 atom stereocenters. The average molecular weight is 340 g/mol. The lowest BCUT2D eigenvalue weighted by molar-refractivity contribution is 0.147.